The van der Waals surface area contributed by atoms with E-state index >= 15 is 0 Å². The molecule has 0 unspecified atom stereocenters. The van der Waals surface area contributed by atoms with Crippen molar-refractivity contribution in [3.05, 3.63) is 30.1 Å². The van der Waals surface area contributed by atoms with Gasteiger partial charge < -0.3 is 10.7 Å². The van der Waals surface area contributed by atoms with Gasteiger partial charge >= 0.3 is 0 Å². The third kappa shape index (κ3) is 1.70. The lowest BCUT2D eigenvalue weighted by Gasteiger charge is -2.04. The Kier molecular flexibility index (Phi) is 2.02. The van der Waals surface area contributed by atoms with Gasteiger partial charge in [-0.1, -0.05) is 6.07 Å². The number of imidazole rings is 1. The third-order valence-electron chi connectivity index (χ3n) is 2.04. The van der Waals surface area contributed by atoms with Crippen LogP contribution in [-0.2, 0) is 6.42 Å². The molecule has 2 rings (SSSR count). The van der Waals surface area contributed by atoms with Gasteiger partial charge in [0.15, 0.2) is 0 Å². The maximum absolute atomic E-state index is 5.72. The Morgan fingerprint density at radius 3 is 3.15 bits per heavy atom. The molecule has 0 aliphatic carbocycles. The first-order valence-corrected chi connectivity index (χ1v) is 4.43. The minimum atomic E-state index is 0.209. The Morgan fingerprint density at radius 2 is 2.38 bits per heavy atom. The summed E-state index contributed by atoms with van der Waals surface area (Å²) in [4.78, 5) is 7.23. The molecule has 1 atom stereocenters. The minimum absolute atomic E-state index is 0.209. The molecule has 68 valence electrons. The Morgan fingerprint density at radius 1 is 1.54 bits per heavy atom. The highest BCUT2D eigenvalue weighted by Gasteiger charge is 2.00. The summed E-state index contributed by atoms with van der Waals surface area (Å²) in [5.41, 5.74) is 9.06. The van der Waals surface area contributed by atoms with E-state index in [0.29, 0.717) is 0 Å². The standard InChI is InChI=1S/C10H13N3/c1-7(11)4-8-2-3-9-10(5-8)13-6-12-9/h2-3,5-7H,4,11H2,1H3,(H,12,13)/t7-/m0/s1. The number of nitrogens with one attached hydrogen (secondary N) is 1. The van der Waals surface area contributed by atoms with Crippen molar-refractivity contribution in [3.63, 3.8) is 0 Å². The predicted molar refractivity (Wildman–Crippen MR) is 53.4 cm³/mol. The van der Waals surface area contributed by atoms with E-state index in [0.717, 1.165) is 17.5 Å². The lowest BCUT2D eigenvalue weighted by atomic mass is 10.1. The number of nitrogens with zero attached hydrogens (tertiary/aromatic N) is 1. The van der Waals surface area contributed by atoms with E-state index in [1.54, 1.807) is 6.33 Å². The Balaban J connectivity index is 2.37. The second kappa shape index (κ2) is 3.18. The van der Waals surface area contributed by atoms with Gasteiger partial charge in [-0.15, -0.1) is 0 Å². The van der Waals surface area contributed by atoms with E-state index in [2.05, 4.69) is 22.1 Å². The Bertz CT molecular complexity index is 403. The molecule has 0 saturated carbocycles. The highest BCUT2D eigenvalue weighted by atomic mass is 14.9. The van der Waals surface area contributed by atoms with Crippen molar-refractivity contribution in [2.24, 2.45) is 5.73 Å². The van der Waals surface area contributed by atoms with Crippen LogP contribution in [0.25, 0.3) is 11.0 Å². The van der Waals surface area contributed by atoms with Crippen LogP contribution in [0.1, 0.15) is 12.5 Å². The number of benzene rings is 1. The lowest BCUT2D eigenvalue weighted by molar-refractivity contribution is 0.739. The summed E-state index contributed by atoms with van der Waals surface area (Å²) in [6, 6.07) is 6.40. The van der Waals surface area contributed by atoms with Crippen molar-refractivity contribution < 1.29 is 0 Å². The smallest absolute Gasteiger partial charge is 0.0931 e. The predicted octanol–water partition coefficient (Wildman–Crippen LogP) is 1.45. The van der Waals surface area contributed by atoms with Crippen molar-refractivity contribution in [2.75, 3.05) is 0 Å². The van der Waals surface area contributed by atoms with Crippen LogP contribution in [0.4, 0.5) is 0 Å². The first-order chi connectivity index (χ1) is 6.25. The fraction of sp³-hybridized carbons (Fsp3) is 0.300. The van der Waals surface area contributed by atoms with Gasteiger partial charge in [0.1, 0.15) is 0 Å². The molecule has 0 fully saturated rings. The number of hydrogen-bond donors (Lipinski definition) is 2. The number of hydrogen-bond acceptors (Lipinski definition) is 2. The molecule has 0 aliphatic rings. The molecule has 0 saturated heterocycles. The van der Waals surface area contributed by atoms with E-state index < -0.39 is 0 Å². The molecule has 0 amide bonds. The Hall–Kier alpha value is -1.35. The van der Waals surface area contributed by atoms with E-state index in [1.165, 1.54) is 5.56 Å². The topological polar surface area (TPSA) is 54.7 Å². The van der Waals surface area contributed by atoms with Crippen LogP contribution in [-0.4, -0.2) is 16.0 Å². The first-order valence-electron chi connectivity index (χ1n) is 4.43. The molecule has 3 nitrogen and oxygen atoms in total. The largest absolute Gasteiger partial charge is 0.345 e. The highest BCUT2D eigenvalue weighted by Crippen LogP contribution is 2.12. The van der Waals surface area contributed by atoms with Crippen LogP contribution in [0.5, 0.6) is 0 Å². The van der Waals surface area contributed by atoms with Crippen LogP contribution in [0.15, 0.2) is 24.5 Å². The average Bonchev–Trinajstić information content (AvgIpc) is 2.49. The fourth-order valence-electron chi connectivity index (χ4n) is 1.48. The zero-order valence-corrected chi connectivity index (χ0v) is 7.62. The minimum Gasteiger partial charge on any atom is -0.345 e. The summed E-state index contributed by atoms with van der Waals surface area (Å²) in [7, 11) is 0. The molecular weight excluding hydrogens is 162 g/mol. The van der Waals surface area contributed by atoms with Crippen LogP contribution in [0.3, 0.4) is 0 Å². The maximum Gasteiger partial charge on any atom is 0.0931 e. The van der Waals surface area contributed by atoms with Gasteiger partial charge in [0, 0.05) is 6.04 Å². The summed E-state index contributed by atoms with van der Waals surface area (Å²) < 4.78 is 0. The van der Waals surface area contributed by atoms with Gasteiger partial charge in [-0.3, -0.25) is 0 Å². The number of aromatic amines is 1. The van der Waals surface area contributed by atoms with Gasteiger partial charge in [0.05, 0.1) is 17.4 Å². The summed E-state index contributed by atoms with van der Waals surface area (Å²) in [5.74, 6) is 0. The summed E-state index contributed by atoms with van der Waals surface area (Å²) in [6.45, 7) is 2.01. The van der Waals surface area contributed by atoms with E-state index in [4.69, 9.17) is 5.73 Å². The Labute approximate surface area is 77.0 Å². The summed E-state index contributed by atoms with van der Waals surface area (Å²) >= 11 is 0. The van der Waals surface area contributed by atoms with Crippen LogP contribution < -0.4 is 5.73 Å². The third-order valence-corrected chi connectivity index (χ3v) is 2.04. The van der Waals surface area contributed by atoms with E-state index in [1.807, 2.05) is 13.0 Å². The zero-order chi connectivity index (χ0) is 9.26. The molecule has 1 heterocycles. The van der Waals surface area contributed by atoms with Crippen molar-refractivity contribution in [2.45, 2.75) is 19.4 Å². The fourth-order valence-corrected chi connectivity index (χ4v) is 1.48. The van der Waals surface area contributed by atoms with E-state index in [9.17, 15) is 0 Å². The quantitative estimate of drug-likeness (QED) is 0.725. The average molecular weight is 175 g/mol. The molecule has 3 heteroatoms. The van der Waals surface area contributed by atoms with Gasteiger partial charge in [0.25, 0.3) is 0 Å². The molecule has 0 radical (unpaired) electrons. The molecule has 13 heavy (non-hydrogen) atoms. The van der Waals surface area contributed by atoms with Gasteiger partial charge in [-0.25, -0.2) is 4.98 Å². The van der Waals surface area contributed by atoms with E-state index in [-0.39, 0.29) is 6.04 Å². The van der Waals surface area contributed by atoms with Crippen LogP contribution in [0.2, 0.25) is 0 Å². The van der Waals surface area contributed by atoms with Crippen LogP contribution in [0, 0.1) is 0 Å². The van der Waals surface area contributed by atoms with Crippen molar-refractivity contribution in [1.82, 2.24) is 9.97 Å². The molecule has 1 aromatic carbocycles. The SMILES string of the molecule is C[C@H](N)Cc1ccc2nc[nH]c2c1. The lowest BCUT2D eigenvalue weighted by Crippen LogP contribution is -2.17. The monoisotopic (exact) mass is 175 g/mol. The van der Waals surface area contributed by atoms with Gasteiger partial charge in [-0.2, -0.15) is 0 Å². The highest BCUT2D eigenvalue weighted by molar-refractivity contribution is 5.75. The number of aromatic nitrogens is 2. The van der Waals surface area contributed by atoms with Crippen molar-refractivity contribution in [3.8, 4) is 0 Å². The number of H-pyrrole nitrogens is 1. The molecule has 0 aliphatic heterocycles. The van der Waals surface area contributed by atoms with Gasteiger partial charge in [0.2, 0.25) is 0 Å². The molecule has 3 N–H and O–H groups in total. The van der Waals surface area contributed by atoms with Gasteiger partial charge in [-0.05, 0) is 31.0 Å². The molecule has 0 bridgehead atoms. The maximum atomic E-state index is 5.72. The molecular formula is C10H13N3. The second-order valence-corrected chi connectivity index (χ2v) is 3.44. The summed E-state index contributed by atoms with van der Waals surface area (Å²) in [6.07, 6.45) is 2.62. The molecule has 2 aromatic rings. The number of fused-ring (bicyclic) bond motifs is 1. The normalized spacial score (nSPS) is 13.4. The first kappa shape index (κ1) is 8.26. The van der Waals surface area contributed by atoms with Crippen LogP contribution >= 0.6 is 0 Å². The zero-order valence-electron chi connectivity index (χ0n) is 7.62. The van der Waals surface area contributed by atoms with Crippen molar-refractivity contribution in [1.29, 1.82) is 0 Å². The summed E-state index contributed by atoms with van der Waals surface area (Å²) in [5, 5.41) is 0. The number of nitrogens with two attached hydrogens (primary N) is 1. The second-order valence-electron chi connectivity index (χ2n) is 3.44. The number of rotatable bonds is 2. The molecule has 1 aromatic heterocycles. The molecule has 0 spiro atoms. The van der Waals surface area contributed by atoms with Crippen molar-refractivity contribution >= 4 is 11.0 Å².